The highest BCUT2D eigenvalue weighted by molar-refractivity contribution is 7.56. The minimum atomic E-state index is -4.14. The fourth-order valence-electron chi connectivity index (χ4n) is 3.17. The van der Waals surface area contributed by atoms with Gasteiger partial charge in [0, 0.05) is 26.2 Å². The molecule has 33 heavy (non-hydrogen) atoms. The van der Waals surface area contributed by atoms with Crippen LogP contribution in [0.15, 0.2) is 0 Å². The lowest BCUT2D eigenvalue weighted by Gasteiger charge is -2.41. The Morgan fingerprint density at radius 1 is 0.909 bits per heavy atom. The number of nitrogens with one attached hydrogen (secondary N) is 1. The molecular formula is C21H40N3O8P. The van der Waals surface area contributed by atoms with Crippen LogP contribution in [0.1, 0.15) is 61.3 Å². The minimum Gasteiger partial charge on any atom is -0.449 e. The van der Waals surface area contributed by atoms with Gasteiger partial charge in [0.2, 0.25) is 5.28 Å². The van der Waals surface area contributed by atoms with Crippen LogP contribution in [0.2, 0.25) is 0 Å². The van der Waals surface area contributed by atoms with Crippen LogP contribution >= 0.6 is 7.60 Å². The average Bonchev–Trinajstić information content (AvgIpc) is 2.72. The molecule has 0 aromatic rings. The van der Waals surface area contributed by atoms with Crippen LogP contribution in [0.4, 0.5) is 9.59 Å². The third-order valence-electron chi connectivity index (χ3n) is 4.86. The van der Waals surface area contributed by atoms with Crippen LogP contribution in [-0.4, -0.2) is 84.8 Å². The molecule has 0 radical (unpaired) electrons. The van der Waals surface area contributed by atoms with E-state index in [1.54, 1.807) is 34.6 Å². The van der Waals surface area contributed by atoms with E-state index in [9.17, 15) is 18.9 Å². The maximum atomic E-state index is 13.7. The van der Waals surface area contributed by atoms with Gasteiger partial charge in [-0.1, -0.05) is 13.3 Å². The van der Waals surface area contributed by atoms with E-state index in [-0.39, 0.29) is 39.4 Å². The van der Waals surface area contributed by atoms with Crippen molar-refractivity contribution < 1.29 is 37.5 Å². The number of rotatable bonds is 10. The first-order valence-electron chi connectivity index (χ1n) is 11.4. The van der Waals surface area contributed by atoms with Gasteiger partial charge < -0.3 is 28.3 Å². The number of nitrogens with zero attached hydrogens (tertiary/aromatic N) is 2. The Bertz CT molecular complexity index is 709. The Labute approximate surface area is 197 Å². The monoisotopic (exact) mass is 493 g/mol. The van der Waals surface area contributed by atoms with Gasteiger partial charge >= 0.3 is 19.8 Å². The summed E-state index contributed by atoms with van der Waals surface area (Å²) in [5.41, 5.74) is -0.834. The number of ether oxygens (including phenoxy) is 2. The molecule has 1 atom stereocenters. The third-order valence-corrected chi connectivity index (χ3v) is 7.45. The lowest BCUT2D eigenvalue weighted by Crippen LogP contribution is -2.62. The van der Waals surface area contributed by atoms with E-state index in [0.717, 1.165) is 12.8 Å². The highest BCUT2D eigenvalue weighted by atomic mass is 31.2. The maximum Gasteiger partial charge on any atom is 0.409 e. The van der Waals surface area contributed by atoms with Crippen LogP contribution in [0.25, 0.3) is 0 Å². The van der Waals surface area contributed by atoms with Crippen molar-refractivity contribution in [2.45, 2.75) is 72.2 Å². The van der Waals surface area contributed by atoms with Crippen molar-refractivity contribution >= 4 is 25.7 Å². The van der Waals surface area contributed by atoms with E-state index in [4.69, 9.17) is 18.5 Å². The molecule has 3 amide bonds. The van der Waals surface area contributed by atoms with Crippen LogP contribution in [0.5, 0.6) is 0 Å². The van der Waals surface area contributed by atoms with Crippen molar-refractivity contribution in [1.29, 1.82) is 0 Å². The number of hydrogen-bond acceptors (Lipinski definition) is 8. The minimum absolute atomic E-state index is 0.00746. The highest BCUT2D eigenvalue weighted by Gasteiger charge is 2.57. The first-order valence-corrected chi connectivity index (χ1v) is 13.0. The molecule has 192 valence electrons. The molecule has 0 saturated carbocycles. The molecule has 1 fully saturated rings. The molecule has 0 aromatic heterocycles. The topological polar surface area (TPSA) is 124 Å². The Hall–Kier alpha value is -1.84. The fourth-order valence-corrected chi connectivity index (χ4v) is 5.05. The molecule has 0 bridgehead atoms. The number of carbonyl (C=O) groups excluding carboxylic acids is 3. The van der Waals surface area contributed by atoms with E-state index in [1.807, 2.05) is 6.92 Å². The van der Waals surface area contributed by atoms with E-state index >= 15 is 0 Å². The summed E-state index contributed by atoms with van der Waals surface area (Å²) in [7, 11) is -4.14. The van der Waals surface area contributed by atoms with Crippen molar-refractivity contribution in [3.05, 3.63) is 0 Å². The molecule has 0 aliphatic carbocycles. The Morgan fingerprint density at radius 2 is 1.42 bits per heavy atom. The molecule has 12 heteroatoms. The van der Waals surface area contributed by atoms with Gasteiger partial charge in [-0.15, -0.1) is 0 Å². The first kappa shape index (κ1) is 29.2. The van der Waals surface area contributed by atoms with E-state index in [0.29, 0.717) is 6.61 Å². The van der Waals surface area contributed by atoms with Crippen LogP contribution in [-0.2, 0) is 27.9 Å². The number of piperazine rings is 1. The molecule has 0 unspecified atom stereocenters. The van der Waals surface area contributed by atoms with Gasteiger partial charge in [0.1, 0.15) is 5.60 Å². The molecule has 0 spiro atoms. The molecule has 0 aromatic carbocycles. The average molecular weight is 494 g/mol. The highest BCUT2D eigenvalue weighted by Crippen LogP contribution is 2.59. The molecule has 1 N–H and O–H groups in total. The summed E-state index contributed by atoms with van der Waals surface area (Å²) in [6.45, 7) is 12.8. The number of hydrogen-bond donors (Lipinski definition) is 1. The summed E-state index contributed by atoms with van der Waals surface area (Å²) in [4.78, 5) is 41.3. The zero-order valence-corrected chi connectivity index (χ0v) is 21.9. The number of carbonyl (C=O) groups is 3. The molecule has 1 heterocycles. The van der Waals surface area contributed by atoms with E-state index < -0.39 is 36.6 Å². The predicted octanol–water partition coefficient (Wildman–Crippen LogP) is 3.57. The van der Waals surface area contributed by atoms with Gasteiger partial charge in [-0.05, 0) is 48.0 Å². The SMILES string of the molecule is CCCCOC(=O)N1CCN(C(=O)[C@@](C)(NC(=O)OC(C)(C)C)P(=O)(OCC)OCC)CC1. The Morgan fingerprint density at radius 3 is 1.88 bits per heavy atom. The first-order chi connectivity index (χ1) is 15.3. The number of amides is 3. The van der Waals surface area contributed by atoms with Crippen molar-refractivity contribution in [2.24, 2.45) is 0 Å². The second kappa shape index (κ2) is 12.6. The van der Waals surface area contributed by atoms with Crippen LogP contribution in [0.3, 0.4) is 0 Å². The summed E-state index contributed by atoms with van der Waals surface area (Å²) in [6, 6.07) is 0. The third kappa shape index (κ3) is 8.15. The largest absolute Gasteiger partial charge is 0.449 e. The lowest BCUT2D eigenvalue weighted by atomic mass is 10.2. The predicted molar refractivity (Wildman–Crippen MR) is 123 cm³/mol. The summed E-state index contributed by atoms with van der Waals surface area (Å²) in [5, 5.41) is 0.432. The quantitative estimate of drug-likeness (QED) is 0.362. The second-order valence-electron chi connectivity index (χ2n) is 8.78. The molecule has 1 saturated heterocycles. The van der Waals surface area contributed by atoms with Gasteiger partial charge in [0.15, 0.2) is 0 Å². The summed E-state index contributed by atoms with van der Waals surface area (Å²) in [6.07, 6.45) is 0.345. The van der Waals surface area contributed by atoms with Crippen molar-refractivity contribution in [2.75, 3.05) is 46.0 Å². The van der Waals surface area contributed by atoms with Gasteiger partial charge in [-0.3, -0.25) is 14.7 Å². The van der Waals surface area contributed by atoms with E-state index in [1.165, 1.54) is 16.7 Å². The van der Waals surface area contributed by atoms with Crippen LogP contribution < -0.4 is 5.32 Å². The zero-order chi connectivity index (χ0) is 25.3. The number of alkyl carbamates (subject to hydrolysis) is 1. The standard InChI is InChI=1S/C21H40N3O8P/c1-8-11-16-29-19(27)24-14-12-23(13-15-24)17(25)21(7,22-18(26)32-20(4,5)6)33(28,30-9-2)31-10-3/h8-16H2,1-7H3,(H,22,26)/t21-/m0/s1. The fraction of sp³-hybridized carbons (Fsp3) is 0.857. The van der Waals surface area contributed by atoms with E-state index in [2.05, 4.69) is 5.32 Å². The Kier molecular flexibility index (Phi) is 11.1. The summed E-state index contributed by atoms with van der Waals surface area (Å²) < 4.78 is 35.1. The van der Waals surface area contributed by atoms with Crippen LogP contribution in [0, 0.1) is 0 Å². The van der Waals surface area contributed by atoms with Crippen molar-refractivity contribution in [3.8, 4) is 0 Å². The van der Waals surface area contributed by atoms with Gasteiger partial charge in [0.25, 0.3) is 5.91 Å². The normalized spacial score (nSPS) is 16.7. The second-order valence-corrected chi connectivity index (χ2v) is 11.2. The van der Waals surface area contributed by atoms with Gasteiger partial charge in [-0.2, -0.15) is 0 Å². The summed E-state index contributed by atoms with van der Waals surface area (Å²) in [5.74, 6) is -0.641. The van der Waals surface area contributed by atoms with Crippen molar-refractivity contribution in [3.63, 3.8) is 0 Å². The smallest absolute Gasteiger partial charge is 0.409 e. The molecular weight excluding hydrogens is 453 g/mol. The molecule has 1 aliphatic heterocycles. The maximum absolute atomic E-state index is 13.7. The van der Waals surface area contributed by atoms with Gasteiger partial charge in [-0.25, -0.2) is 9.59 Å². The molecule has 11 nitrogen and oxygen atoms in total. The molecule has 1 rings (SSSR count). The van der Waals surface area contributed by atoms with Crippen molar-refractivity contribution in [1.82, 2.24) is 15.1 Å². The Balaban J connectivity index is 3.06. The zero-order valence-electron chi connectivity index (χ0n) is 21.0. The van der Waals surface area contributed by atoms with Gasteiger partial charge in [0.05, 0.1) is 19.8 Å². The number of unbranched alkanes of at least 4 members (excludes halogenated alkanes) is 1. The molecule has 1 aliphatic rings. The summed E-state index contributed by atoms with van der Waals surface area (Å²) >= 11 is 0. The lowest BCUT2D eigenvalue weighted by molar-refractivity contribution is -0.137.